The van der Waals surface area contributed by atoms with E-state index in [-0.39, 0.29) is 5.56 Å². The monoisotopic (exact) mass is 186 g/mol. The van der Waals surface area contributed by atoms with Crippen molar-refractivity contribution < 1.29 is 13.6 Å². The third-order valence-electron chi connectivity index (χ3n) is 1.33. The van der Waals surface area contributed by atoms with Gasteiger partial charge >= 0.3 is 0 Å². The van der Waals surface area contributed by atoms with Crippen molar-refractivity contribution in [2.45, 2.75) is 20.8 Å². The van der Waals surface area contributed by atoms with Gasteiger partial charge in [0.1, 0.15) is 0 Å². The standard InChI is InChI=1S/C8H6F2O.C2H6/c1-5(11)6-3-2-4-7(9)8(6)10;1-2/h2-4H,1H3;1-2H3. The van der Waals surface area contributed by atoms with Crippen LogP contribution in [0.15, 0.2) is 18.2 Å². The second kappa shape index (κ2) is 5.41. The van der Waals surface area contributed by atoms with Crippen LogP contribution in [0.4, 0.5) is 8.78 Å². The van der Waals surface area contributed by atoms with E-state index < -0.39 is 17.4 Å². The van der Waals surface area contributed by atoms with Gasteiger partial charge in [-0.25, -0.2) is 8.78 Å². The largest absolute Gasteiger partial charge is 0.294 e. The Morgan fingerprint density at radius 1 is 1.23 bits per heavy atom. The number of ketones is 1. The Hall–Kier alpha value is -1.25. The Morgan fingerprint density at radius 3 is 2.15 bits per heavy atom. The molecule has 72 valence electrons. The normalized spacial score (nSPS) is 8.69. The highest BCUT2D eigenvalue weighted by molar-refractivity contribution is 5.94. The first kappa shape index (κ1) is 11.8. The molecule has 0 spiro atoms. The summed E-state index contributed by atoms with van der Waals surface area (Å²) in [6.45, 7) is 5.19. The maximum Gasteiger partial charge on any atom is 0.169 e. The molecule has 0 fully saturated rings. The van der Waals surface area contributed by atoms with E-state index in [2.05, 4.69) is 0 Å². The van der Waals surface area contributed by atoms with E-state index in [0.717, 1.165) is 6.07 Å². The topological polar surface area (TPSA) is 17.1 Å². The molecule has 0 aliphatic carbocycles. The van der Waals surface area contributed by atoms with Crippen LogP contribution in [0.3, 0.4) is 0 Å². The van der Waals surface area contributed by atoms with Crippen molar-refractivity contribution in [1.29, 1.82) is 0 Å². The SMILES string of the molecule is CC.CC(=O)c1cccc(F)c1F. The number of carbonyl (C=O) groups is 1. The lowest BCUT2D eigenvalue weighted by Crippen LogP contribution is -1.98. The Kier molecular flexibility index (Phi) is 4.89. The molecule has 0 heterocycles. The minimum Gasteiger partial charge on any atom is -0.294 e. The van der Waals surface area contributed by atoms with E-state index in [9.17, 15) is 13.6 Å². The molecule has 1 aromatic carbocycles. The molecule has 13 heavy (non-hydrogen) atoms. The van der Waals surface area contributed by atoms with E-state index in [1.165, 1.54) is 19.1 Å². The first-order valence-electron chi connectivity index (χ1n) is 4.08. The van der Waals surface area contributed by atoms with Crippen molar-refractivity contribution in [2.24, 2.45) is 0 Å². The van der Waals surface area contributed by atoms with E-state index in [0.29, 0.717) is 0 Å². The first-order valence-corrected chi connectivity index (χ1v) is 4.08. The van der Waals surface area contributed by atoms with Gasteiger partial charge in [0, 0.05) is 0 Å². The number of halogens is 2. The quantitative estimate of drug-likeness (QED) is 0.615. The van der Waals surface area contributed by atoms with E-state index >= 15 is 0 Å². The van der Waals surface area contributed by atoms with Crippen LogP contribution in [-0.4, -0.2) is 5.78 Å². The summed E-state index contributed by atoms with van der Waals surface area (Å²) in [6, 6.07) is 3.53. The Balaban J connectivity index is 0.000000671. The minimum atomic E-state index is -1.07. The number of rotatable bonds is 1. The summed E-state index contributed by atoms with van der Waals surface area (Å²) in [4.78, 5) is 10.6. The Labute approximate surface area is 76.4 Å². The summed E-state index contributed by atoms with van der Waals surface area (Å²) in [5, 5.41) is 0. The summed E-state index contributed by atoms with van der Waals surface area (Å²) in [7, 11) is 0. The summed E-state index contributed by atoms with van der Waals surface area (Å²) in [5.74, 6) is -2.53. The molecule has 0 unspecified atom stereocenters. The van der Waals surface area contributed by atoms with Gasteiger partial charge in [-0.05, 0) is 19.1 Å². The maximum absolute atomic E-state index is 12.7. The number of benzene rings is 1. The smallest absolute Gasteiger partial charge is 0.169 e. The van der Waals surface area contributed by atoms with Gasteiger partial charge in [0.15, 0.2) is 17.4 Å². The van der Waals surface area contributed by atoms with Gasteiger partial charge in [0.2, 0.25) is 0 Å². The predicted molar refractivity (Wildman–Crippen MR) is 47.7 cm³/mol. The lowest BCUT2D eigenvalue weighted by Gasteiger charge is -1.97. The summed E-state index contributed by atoms with van der Waals surface area (Å²) < 4.78 is 25.1. The molecule has 0 saturated carbocycles. The molecule has 0 N–H and O–H groups in total. The molecule has 3 heteroatoms. The molecule has 1 rings (SSSR count). The van der Waals surface area contributed by atoms with E-state index in [4.69, 9.17) is 0 Å². The van der Waals surface area contributed by atoms with Gasteiger partial charge in [0.05, 0.1) is 5.56 Å². The highest BCUT2D eigenvalue weighted by Gasteiger charge is 2.09. The lowest BCUT2D eigenvalue weighted by molar-refractivity contribution is 0.101. The highest BCUT2D eigenvalue weighted by Crippen LogP contribution is 2.11. The summed E-state index contributed by atoms with van der Waals surface area (Å²) in [6.07, 6.45) is 0. The molecule has 1 aromatic rings. The molecule has 0 aliphatic heterocycles. The fourth-order valence-electron chi connectivity index (χ4n) is 0.776. The van der Waals surface area contributed by atoms with Crippen LogP contribution in [0, 0.1) is 11.6 Å². The van der Waals surface area contributed by atoms with Gasteiger partial charge in [0.25, 0.3) is 0 Å². The van der Waals surface area contributed by atoms with Crippen molar-refractivity contribution in [3.05, 3.63) is 35.4 Å². The van der Waals surface area contributed by atoms with Crippen LogP contribution in [0.2, 0.25) is 0 Å². The number of hydrogen-bond acceptors (Lipinski definition) is 1. The second-order valence-corrected chi connectivity index (χ2v) is 2.16. The van der Waals surface area contributed by atoms with Gasteiger partial charge in [-0.1, -0.05) is 19.9 Å². The van der Waals surface area contributed by atoms with Gasteiger partial charge in [-0.3, -0.25) is 4.79 Å². The van der Waals surface area contributed by atoms with Crippen LogP contribution >= 0.6 is 0 Å². The van der Waals surface area contributed by atoms with Crippen molar-refractivity contribution in [2.75, 3.05) is 0 Å². The van der Waals surface area contributed by atoms with E-state index in [1.807, 2.05) is 13.8 Å². The average Bonchev–Trinajstić information content (AvgIpc) is 2.13. The lowest BCUT2D eigenvalue weighted by atomic mass is 10.1. The molecule has 0 aromatic heterocycles. The van der Waals surface area contributed by atoms with Gasteiger partial charge in [-0.2, -0.15) is 0 Å². The average molecular weight is 186 g/mol. The third-order valence-corrected chi connectivity index (χ3v) is 1.33. The number of Topliss-reactive ketones (excluding diaryl/α,β-unsaturated/α-hetero) is 1. The summed E-state index contributed by atoms with van der Waals surface area (Å²) >= 11 is 0. The van der Waals surface area contributed by atoms with Crippen LogP contribution in [0.1, 0.15) is 31.1 Å². The molecule has 0 saturated heterocycles. The second-order valence-electron chi connectivity index (χ2n) is 2.16. The van der Waals surface area contributed by atoms with Gasteiger partial charge in [-0.15, -0.1) is 0 Å². The molecule has 0 atom stereocenters. The predicted octanol–water partition coefficient (Wildman–Crippen LogP) is 3.19. The van der Waals surface area contributed by atoms with Crippen LogP contribution < -0.4 is 0 Å². The molecule has 0 bridgehead atoms. The fourth-order valence-corrected chi connectivity index (χ4v) is 0.776. The maximum atomic E-state index is 12.7. The Morgan fingerprint density at radius 2 is 1.77 bits per heavy atom. The van der Waals surface area contributed by atoms with Gasteiger partial charge < -0.3 is 0 Å². The van der Waals surface area contributed by atoms with Crippen molar-refractivity contribution in [1.82, 2.24) is 0 Å². The Bertz CT molecular complexity index is 295. The highest BCUT2D eigenvalue weighted by atomic mass is 19.2. The van der Waals surface area contributed by atoms with Crippen LogP contribution in [-0.2, 0) is 0 Å². The third kappa shape index (κ3) is 2.93. The number of carbonyl (C=O) groups excluding carboxylic acids is 1. The summed E-state index contributed by atoms with van der Waals surface area (Å²) in [5.41, 5.74) is -0.204. The number of hydrogen-bond donors (Lipinski definition) is 0. The minimum absolute atomic E-state index is 0.204. The van der Waals surface area contributed by atoms with Crippen molar-refractivity contribution >= 4 is 5.78 Å². The van der Waals surface area contributed by atoms with E-state index in [1.54, 1.807) is 0 Å². The molecular formula is C10H12F2O. The molecular weight excluding hydrogens is 174 g/mol. The van der Waals surface area contributed by atoms with Crippen molar-refractivity contribution in [3.63, 3.8) is 0 Å². The zero-order chi connectivity index (χ0) is 10.4. The first-order chi connectivity index (χ1) is 6.13. The fraction of sp³-hybridized carbons (Fsp3) is 0.300. The molecule has 1 nitrogen and oxygen atoms in total. The van der Waals surface area contributed by atoms with Crippen LogP contribution in [0.5, 0.6) is 0 Å². The zero-order valence-corrected chi connectivity index (χ0v) is 7.90. The zero-order valence-electron chi connectivity index (χ0n) is 7.90. The van der Waals surface area contributed by atoms with Crippen molar-refractivity contribution in [3.8, 4) is 0 Å². The molecule has 0 amide bonds. The molecule has 0 aliphatic rings. The molecule has 0 radical (unpaired) electrons. The van der Waals surface area contributed by atoms with Crippen LogP contribution in [0.25, 0.3) is 0 Å².